The number of hydrogen-bond acceptors (Lipinski definition) is 5. The Morgan fingerprint density at radius 1 is 1.26 bits per heavy atom. The second-order valence-corrected chi connectivity index (χ2v) is 6.58. The SMILES string of the molecule is CCc1nc(SCC(=O)NCCc2n[nH]c3c2CCCC3)n[nH]1. The molecule has 1 aliphatic rings. The third-order valence-electron chi connectivity index (χ3n) is 4.00. The van der Waals surface area contributed by atoms with Crippen molar-refractivity contribution in [2.45, 2.75) is 50.6 Å². The molecule has 1 aliphatic carbocycles. The first kappa shape index (κ1) is 16.0. The fraction of sp³-hybridized carbons (Fsp3) is 0.600. The van der Waals surface area contributed by atoms with Crippen LogP contribution in [0.15, 0.2) is 5.16 Å². The predicted octanol–water partition coefficient (Wildman–Crippen LogP) is 1.42. The number of H-pyrrole nitrogens is 2. The topological polar surface area (TPSA) is 99.3 Å². The summed E-state index contributed by atoms with van der Waals surface area (Å²) in [6, 6.07) is 0. The summed E-state index contributed by atoms with van der Waals surface area (Å²) in [6.07, 6.45) is 6.27. The lowest BCUT2D eigenvalue weighted by Gasteiger charge is -2.11. The van der Waals surface area contributed by atoms with E-state index in [1.807, 2.05) is 6.92 Å². The number of nitrogens with one attached hydrogen (secondary N) is 3. The van der Waals surface area contributed by atoms with Crippen LogP contribution in [0.2, 0.25) is 0 Å². The van der Waals surface area contributed by atoms with Crippen LogP contribution in [-0.2, 0) is 30.5 Å². The molecule has 0 fully saturated rings. The van der Waals surface area contributed by atoms with Gasteiger partial charge in [-0.2, -0.15) is 5.10 Å². The Hall–Kier alpha value is -1.83. The number of carbonyl (C=O) groups excluding carboxylic acids is 1. The molecule has 0 saturated carbocycles. The van der Waals surface area contributed by atoms with Gasteiger partial charge in [0.05, 0.1) is 11.4 Å². The Labute approximate surface area is 139 Å². The van der Waals surface area contributed by atoms with Gasteiger partial charge in [-0.05, 0) is 31.2 Å². The number of aryl methyl sites for hydroxylation is 2. The zero-order chi connectivity index (χ0) is 16.1. The molecule has 23 heavy (non-hydrogen) atoms. The van der Waals surface area contributed by atoms with E-state index in [2.05, 4.69) is 30.7 Å². The largest absolute Gasteiger partial charge is 0.355 e. The van der Waals surface area contributed by atoms with Crippen LogP contribution in [0.4, 0.5) is 0 Å². The molecule has 3 N–H and O–H groups in total. The number of carbonyl (C=O) groups is 1. The van der Waals surface area contributed by atoms with E-state index in [0.717, 1.165) is 37.2 Å². The molecule has 2 aromatic heterocycles. The molecule has 0 saturated heterocycles. The number of fused-ring (bicyclic) bond motifs is 1. The first-order valence-electron chi connectivity index (χ1n) is 8.12. The van der Waals surface area contributed by atoms with Crippen LogP contribution in [-0.4, -0.2) is 43.6 Å². The minimum Gasteiger partial charge on any atom is -0.355 e. The van der Waals surface area contributed by atoms with Gasteiger partial charge in [0.15, 0.2) is 0 Å². The molecular weight excluding hydrogens is 312 g/mol. The summed E-state index contributed by atoms with van der Waals surface area (Å²) < 4.78 is 0. The van der Waals surface area contributed by atoms with E-state index < -0.39 is 0 Å². The number of aromatic amines is 2. The average Bonchev–Trinajstić information content (AvgIpc) is 3.20. The highest BCUT2D eigenvalue weighted by molar-refractivity contribution is 7.99. The highest BCUT2D eigenvalue weighted by atomic mass is 32.2. The van der Waals surface area contributed by atoms with Gasteiger partial charge in [0.2, 0.25) is 11.1 Å². The van der Waals surface area contributed by atoms with Crippen LogP contribution in [0.25, 0.3) is 0 Å². The second kappa shape index (κ2) is 7.63. The maximum atomic E-state index is 11.9. The van der Waals surface area contributed by atoms with Crippen molar-refractivity contribution in [2.24, 2.45) is 0 Å². The number of rotatable bonds is 7. The van der Waals surface area contributed by atoms with E-state index in [9.17, 15) is 4.79 Å². The van der Waals surface area contributed by atoms with Crippen molar-refractivity contribution in [1.29, 1.82) is 0 Å². The fourth-order valence-electron chi connectivity index (χ4n) is 2.76. The van der Waals surface area contributed by atoms with Gasteiger partial charge in [0, 0.05) is 25.1 Å². The summed E-state index contributed by atoms with van der Waals surface area (Å²) in [5.74, 6) is 1.18. The van der Waals surface area contributed by atoms with E-state index in [0.29, 0.717) is 17.5 Å². The van der Waals surface area contributed by atoms with Crippen LogP contribution in [0.1, 0.15) is 42.5 Å². The number of nitrogens with zero attached hydrogens (tertiary/aromatic N) is 3. The second-order valence-electron chi connectivity index (χ2n) is 5.64. The zero-order valence-corrected chi connectivity index (χ0v) is 14.1. The number of aromatic nitrogens is 5. The van der Waals surface area contributed by atoms with Crippen molar-refractivity contribution in [3.8, 4) is 0 Å². The number of thioether (sulfide) groups is 1. The van der Waals surface area contributed by atoms with Gasteiger partial charge in [-0.3, -0.25) is 15.0 Å². The summed E-state index contributed by atoms with van der Waals surface area (Å²) in [6.45, 7) is 2.63. The van der Waals surface area contributed by atoms with E-state index in [4.69, 9.17) is 0 Å². The molecule has 8 heteroatoms. The third kappa shape index (κ3) is 4.13. The first-order valence-corrected chi connectivity index (χ1v) is 9.10. The van der Waals surface area contributed by atoms with Crippen LogP contribution in [0.5, 0.6) is 0 Å². The molecule has 0 unspecified atom stereocenters. The number of amides is 1. The first-order chi connectivity index (χ1) is 11.3. The molecular formula is C15H22N6OS. The molecule has 2 aromatic rings. The van der Waals surface area contributed by atoms with Gasteiger partial charge in [-0.15, -0.1) is 5.10 Å². The van der Waals surface area contributed by atoms with Crippen LogP contribution in [0.3, 0.4) is 0 Å². The normalized spacial score (nSPS) is 13.8. The third-order valence-corrected chi connectivity index (χ3v) is 4.85. The van der Waals surface area contributed by atoms with Crippen molar-refractivity contribution < 1.29 is 4.79 Å². The molecule has 2 heterocycles. The summed E-state index contributed by atoms with van der Waals surface area (Å²) in [5.41, 5.74) is 3.76. The van der Waals surface area contributed by atoms with Crippen molar-refractivity contribution in [3.63, 3.8) is 0 Å². The van der Waals surface area contributed by atoms with Gasteiger partial charge in [0.25, 0.3) is 0 Å². The van der Waals surface area contributed by atoms with Crippen LogP contribution < -0.4 is 5.32 Å². The highest BCUT2D eigenvalue weighted by Gasteiger charge is 2.16. The quantitative estimate of drug-likeness (QED) is 0.665. The Kier molecular flexibility index (Phi) is 5.32. The van der Waals surface area contributed by atoms with E-state index in [1.54, 1.807) is 0 Å². The minimum atomic E-state index is 0.00209. The minimum absolute atomic E-state index is 0.00209. The Balaban J connectivity index is 1.40. The standard InChI is InChI=1S/C15H22N6OS/c1-2-13-17-15(21-20-13)23-9-14(22)16-8-7-12-10-5-3-4-6-11(10)18-19-12/h2-9H2,1H3,(H,16,22)(H,18,19)(H,17,20,21). The lowest BCUT2D eigenvalue weighted by molar-refractivity contribution is -0.118. The van der Waals surface area contributed by atoms with Gasteiger partial charge in [-0.1, -0.05) is 18.7 Å². The fourth-order valence-corrected chi connectivity index (χ4v) is 3.41. The molecule has 7 nitrogen and oxygen atoms in total. The number of hydrogen-bond donors (Lipinski definition) is 3. The summed E-state index contributed by atoms with van der Waals surface area (Å²) >= 11 is 1.35. The summed E-state index contributed by atoms with van der Waals surface area (Å²) in [5, 5.41) is 18.0. The molecule has 1 amide bonds. The average molecular weight is 334 g/mol. The van der Waals surface area contributed by atoms with E-state index in [1.165, 1.54) is 35.9 Å². The van der Waals surface area contributed by atoms with Crippen LogP contribution >= 0.6 is 11.8 Å². The molecule has 0 aliphatic heterocycles. The van der Waals surface area contributed by atoms with Crippen molar-refractivity contribution in [1.82, 2.24) is 30.7 Å². The summed E-state index contributed by atoms with van der Waals surface area (Å²) in [7, 11) is 0. The van der Waals surface area contributed by atoms with E-state index in [-0.39, 0.29) is 5.91 Å². The monoisotopic (exact) mass is 334 g/mol. The highest BCUT2D eigenvalue weighted by Crippen LogP contribution is 2.22. The van der Waals surface area contributed by atoms with Crippen molar-refractivity contribution in [3.05, 3.63) is 22.8 Å². The van der Waals surface area contributed by atoms with Gasteiger partial charge >= 0.3 is 0 Å². The zero-order valence-electron chi connectivity index (χ0n) is 13.3. The van der Waals surface area contributed by atoms with Gasteiger partial charge in [0.1, 0.15) is 5.82 Å². The van der Waals surface area contributed by atoms with Crippen LogP contribution in [0, 0.1) is 0 Å². The lowest BCUT2D eigenvalue weighted by atomic mass is 9.95. The maximum Gasteiger partial charge on any atom is 0.230 e. The molecule has 0 atom stereocenters. The van der Waals surface area contributed by atoms with E-state index >= 15 is 0 Å². The Bertz CT molecular complexity index is 665. The molecule has 0 bridgehead atoms. The molecule has 0 radical (unpaired) electrons. The Morgan fingerprint density at radius 3 is 2.96 bits per heavy atom. The van der Waals surface area contributed by atoms with Gasteiger partial charge in [-0.25, -0.2) is 4.98 Å². The smallest absolute Gasteiger partial charge is 0.230 e. The maximum absolute atomic E-state index is 11.9. The predicted molar refractivity (Wildman–Crippen MR) is 88.4 cm³/mol. The molecule has 0 aromatic carbocycles. The van der Waals surface area contributed by atoms with Crippen molar-refractivity contribution >= 4 is 17.7 Å². The molecule has 3 rings (SSSR count). The molecule has 124 valence electrons. The van der Waals surface area contributed by atoms with Crippen molar-refractivity contribution in [2.75, 3.05) is 12.3 Å². The Morgan fingerprint density at radius 2 is 2.13 bits per heavy atom. The summed E-state index contributed by atoms with van der Waals surface area (Å²) in [4.78, 5) is 16.2. The van der Waals surface area contributed by atoms with Gasteiger partial charge < -0.3 is 5.32 Å². The molecule has 0 spiro atoms. The lowest BCUT2D eigenvalue weighted by Crippen LogP contribution is -2.27.